The highest BCUT2D eigenvalue weighted by Gasteiger charge is 2.18. The molecule has 2 aromatic carbocycles. The first kappa shape index (κ1) is 15.5. The molecule has 0 saturated heterocycles. The number of carbonyl (C=O) groups is 1. The Hall–Kier alpha value is -1.91. The largest absolute Gasteiger partial charge is 0.505 e. The Morgan fingerprint density at radius 2 is 1.90 bits per heavy atom. The highest BCUT2D eigenvalue weighted by Crippen LogP contribution is 2.28. The first-order valence-electron chi connectivity index (χ1n) is 6.17. The van der Waals surface area contributed by atoms with Crippen molar-refractivity contribution in [1.29, 1.82) is 0 Å². The minimum Gasteiger partial charge on any atom is -0.505 e. The molecule has 0 atom stereocenters. The molecule has 0 aromatic heterocycles. The molecule has 3 N–H and O–H groups in total. The summed E-state index contributed by atoms with van der Waals surface area (Å²) in [5.41, 5.74) is 6.63. The van der Waals surface area contributed by atoms with Crippen LogP contribution in [0.25, 0.3) is 0 Å². The van der Waals surface area contributed by atoms with E-state index in [0.29, 0.717) is 10.0 Å². The quantitative estimate of drug-likeness (QED) is 0.670. The van der Waals surface area contributed by atoms with Crippen molar-refractivity contribution in [2.45, 2.75) is 6.54 Å². The first-order chi connectivity index (χ1) is 9.91. The summed E-state index contributed by atoms with van der Waals surface area (Å²) in [7, 11) is 1.61. The van der Waals surface area contributed by atoms with Gasteiger partial charge in [-0.25, -0.2) is 0 Å². The van der Waals surface area contributed by atoms with Gasteiger partial charge in [-0.3, -0.25) is 4.79 Å². The number of nitrogens with zero attached hydrogens (tertiary/aromatic N) is 1. The normalized spacial score (nSPS) is 10.4. The number of hydrogen-bond acceptors (Lipinski definition) is 3. The standard InChI is InChI=1S/C15H14Cl2N2O2/c1-19(8-9-4-2-6-11(16)13(9)17)15(21)10-5-3-7-12(18)14(10)20/h2-7,20H,8,18H2,1H3. The molecule has 0 radical (unpaired) electrons. The second kappa shape index (κ2) is 6.24. The summed E-state index contributed by atoms with van der Waals surface area (Å²) < 4.78 is 0. The lowest BCUT2D eigenvalue weighted by Crippen LogP contribution is -2.26. The van der Waals surface area contributed by atoms with E-state index in [1.165, 1.54) is 17.0 Å². The lowest BCUT2D eigenvalue weighted by Gasteiger charge is -2.19. The van der Waals surface area contributed by atoms with Crippen LogP contribution in [0.5, 0.6) is 5.75 Å². The van der Waals surface area contributed by atoms with Gasteiger partial charge in [0.2, 0.25) is 0 Å². The van der Waals surface area contributed by atoms with E-state index in [1.54, 1.807) is 31.3 Å². The fraction of sp³-hybridized carbons (Fsp3) is 0.133. The molecule has 0 heterocycles. The van der Waals surface area contributed by atoms with Crippen LogP contribution in [-0.2, 0) is 6.54 Å². The Labute approximate surface area is 132 Å². The van der Waals surface area contributed by atoms with Gasteiger partial charge < -0.3 is 15.7 Å². The highest BCUT2D eigenvalue weighted by molar-refractivity contribution is 6.42. The van der Waals surface area contributed by atoms with Crippen LogP contribution in [0.1, 0.15) is 15.9 Å². The monoisotopic (exact) mass is 324 g/mol. The molecule has 2 aromatic rings. The number of carbonyl (C=O) groups excluding carboxylic acids is 1. The van der Waals surface area contributed by atoms with Crippen LogP contribution in [0.4, 0.5) is 5.69 Å². The van der Waals surface area contributed by atoms with E-state index >= 15 is 0 Å². The van der Waals surface area contributed by atoms with Gasteiger partial charge in [0.25, 0.3) is 5.91 Å². The lowest BCUT2D eigenvalue weighted by molar-refractivity contribution is 0.0782. The molecule has 0 aliphatic heterocycles. The predicted molar refractivity (Wildman–Crippen MR) is 84.8 cm³/mol. The van der Waals surface area contributed by atoms with Crippen LogP contribution < -0.4 is 5.73 Å². The Bertz CT molecular complexity index is 689. The second-order valence-corrected chi connectivity index (χ2v) is 5.40. The zero-order chi connectivity index (χ0) is 15.6. The number of amides is 1. The number of anilines is 1. The van der Waals surface area contributed by atoms with Gasteiger partial charge in [0, 0.05) is 13.6 Å². The maximum Gasteiger partial charge on any atom is 0.257 e. The number of rotatable bonds is 3. The molecule has 0 aliphatic rings. The van der Waals surface area contributed by atoms with Crippen molar-refractivity contribution in [3.05, 3.63) is 57.6 Å². The summed E-state index contributed by atoms with van der Waals surface area (Å²) in [6.07, 6.45) is 0. The number of benzene rings is 2. The summed E-state index contributed by atoms with van der Waals surface area (Å²) in [4.78, 5) is 13.8. The number of aromatic hydroxyl groups is 1. The summed E-state index contributed by atoms with van der Waals surface area (Å²) >= 11 is 12.1. The number of phenols is 1. The van der Waals surface area contributed by atoms with Gasteiger partial charge in [-0.2, -0.15) is 0 Å². The van der Waals surface area contributed by atoms with Crippen molar-refractivity contribution >= 4 is 34.8 Å². The number of nitrogen functional groups attached to an aromatic ring is 1. The van der Waals surface area contributed by atoms with Gasteiger partial charge in [0.15, 0.2) is 5.75 Å². The first-order valence-corrected chi connectivity index (χ1v) is 6.93. The number of phenolic OH excluding ortho intramolecular Hbond substituents is 1. The van der Waals surface area contributed by atoms with Crippen LogP contribution in [0, 0.1) is 0 Å². The molecular weight excluding hydrogens is 311 g/mol. The molecule has 1 amide bonds. The van der Waals surface area contributed by atoms with E-state index in [9.17, 15) is 9.90 Å². The Morgan fingerprint density at radius 1 is 1.24 bits per heavy atom. The summed E-state index contributed by atoms with van der Waals surface area (Å²) in [5.74, 6) is -0.567. The lowest BCUT2D eigenvalue weighted by atomic mass is 10.1. The fourth-order valence-electron chi connectivity index (χ4n) is 1.94. The molecule has 110 valence electrons. The zero-order valence-corrected chi connectivity index (χ0v) is 12.8. The maximum absolute atomic E-state index is 12.4. The molecule has 2 rings (SSSR count). The van der Waals surface area contributed by atoms with Crippen LogP contribution >= 0.6 is 23.2 Å². The van der Waals surface area contributed by atoms with E-state index < -0.39 is 0 Å². The van der Waals surface area contributed by atoms with E-state index in [2.05, 4.69) is 0 Å². The third-order valence-corrected chi connectivity index (χ3v) is 3.94. The van der Waals surface area contributed by atoms with Crippen LogP contribution in [-0.4, -0.2) is 23.0 Å². The second-order valence-electron chi connectivity index (χ2n) is 4.62. The molecule has 0 fully saturated rings. The van der Waals surface area contributed by atoms with Crippen LogP contribution in [0.15, 0.2) is 36.4 Å². The van der Waals surface area contributed by atoms with E-state index in [0.717, 1.165) is 5.56 Å². The van der Waals surface area contributed by atoms with Crippen LogP contribution in [0.2, 0.25) is 10.0 Å². The van der Waals surface area contributed by atoms with Crippen LogP contribution in [0.3, 0.4) is 0 Å². The molecule has 21 heavy (non-hydrogen) atoms. The Kier molecular flexibility index (Phi) is 4.60. The van der Waals surface area contributed by atoms with Crippen molar-refractivity contribution in [1.82, 2.24) is 4.90 Å². The molecule has 4 nitrogen and oxygen atoms in total. The Balaban J connectivity index is 2.24. The van der Waals surface area contributed by atoms with Crippen molar-refractivity contribution in [3.8, 4) is 5.75 Å². The summed E-state index contributed by atoms with van der Waals surface area (Å²) in [6.45, 7) is 0.270. The summed E-state index contributed by atoms with van der Waals surface area (Å²) in [5, 5.41) is 10.7. The minimum absolute atomic E-state index is 0.149. The van der Waals surface area contributed by atoms with Gasteiger partial charge in [0.1, 0.15) is 0 Å². The van der Waals surface area contributed by atoms with E-state index in [4.69, 9.17) is 28.9 Å². The predicted octanol–water partition coefficient (Wildman–Crippen LogP) is 3.55. The molecule has 0 aliphatic carbocycles. The van der Waals surface area contributed by atoms with Crippen molar-refractivity contribution in [2.24, 2.45) is 0 Å². The van der Waals surface area contributed by atoms with Gasteiger partial charge in [-0.05, 0) is 23.8 Å². The minimum atomic E-state index is -0.351. The van der Waals surface area contributed by atoms with Crippen molar-refractivity contribution in [3.63, 3.8) is 0 Å². The zero-order valence-electron chi connectivity index (χ0n) is 11.3. The summed E-state index contributed by atoms with van der Waals surface area (Å²) in [6, 6.07) is 9.89. The van der Waals surface area contributed by atoms with Gasteiger partial charge in [0.05, 0.1) is 21.3 Å². The topological polar surface area (TPSA) is 66.6 Å². The SMILES string of the molecule is CN(Cc1cccc(Cl)c1Cl)C(=O)c1cccc(N)c1O. The fourth-order valence-corrected chi connectivity index (χ4v) is 2.32. The number of para-hydroxylation sites is 1. The average Bonchev–Trinajstić information content (AvgIpc) is 2.46. The van der Waals surface area contributed by atoms with Gasteiger partial charge >= 0.3 is 0 Å². The molecule has 0 saturated carbocycles. The van der Waals surface area contributed by atoms with Gasteiger partial charge in [-0.15, -0.1) is 0 Å². The highest BCUT2D eigenvalue weighted by atomic mass is 35.5. The van der Waals surface area contributed by atoms with E-state index in [1.807, 2.05) is 0 Å². The van der Waals surface area contributed by atoms with Crippen molar-refractivity contribution in [2.75, 3.05) is 12.8 Å². The van der Waals surface area contributed by atoms with E-state index in [-0.39, 0.29) is 29.5 Å². The number of hydrogen-bond donors (Lipinski definition) is 2. The van der Waals surface area contributed by atoms with Crippen molar-refractivity contribution < 1.29 is 9.90 Å². The number of halogens is 2. The molecule has 0 bridgehead atoms. The Morgan fingerprint density at radius 3 is 2.62 bits per heavy atom. The van der Waals surface area contributed by atoms with Gasteiger partial charge in [-0.1, -0.05) is 41.4 Å². The molecule has 6 heteroatoms. The third-order valence-electron chi connectivity index (χ3n) is 3.08. The smallest absolute Gasteiger partial charge is 0.257 e. The molecule has 0 unspecified atom stereocenters. The average molecular weight is 325 g/mol. The number of nitrogens with two attached hydrogens (primary N) is 1. The third kappa shape index (κ3) is 3.23. The molecule has 0 spiro atoms. The maximum atomic E-state index is 12.4. The molecular formula is C15H14Cl2N2O2.